The number of ether oxygens (including phenoxy) is 1. The van der Waals surface area contributed by atoms with Gasteiger partial charge < -0.3 is 25.4 Å². The molecule has 0 aromatic carbocycles. The van der Waals surface area contributed by atoms with Gasteiger partial charge in [0.1, 0.15) is 6.54 Å². The number of amides is 1. The van der Waals surface area contributed by atoms with Gasteiger partial charge in [-0.2, -0.15) is 0 Å². The zero-order chi connectivity index (χ0) is 25.5. The first-order chi connectivity index (χ1) is 16.5. The third-order valence-corrected chi connectivity index (χ3v) is 11.3. The van der Waals surface area contributed by atoms with Crippen LogP contribution in [0.2, 0.25) is 0 Å². The zero-order valence-electron chi connectivity index (χ0n) is 22.0. The quantitative estimate of drug-likeness (QED) is 0.416. The summed E-state index contributed by atoms with van der Waals surface area (Å²) in [7, 11) is 0. The number of rotatable bonds is 7. The van der Waals surface area contributed by atoms with Gasteiger partial charge in [0.05, 0.1) is 18.8 Å². The summed E-state index contributed by atoms with van der Waals surface area (Å²) in [5.74, 6) is 1.91. The second-order valence-electron chi connectivity index (χ2n) is 12.8. The maximum absolute atomic E-state index is 11.8. The lowest BCUT2D eigenvalue weighted by atomic mass is 9.41. The van der Waals surface area contributed by atoms with E-state index in [4.69, 9.17) is 9.84 Å². The number of carboxylic acids is 1. The number of aliphatic carboxylic acids is 1. The molecule has 7 heteroatoms. The first-order valence-electron chi connectivity index (χ1n) is 14.0. The van der Waals surface area contributed by atoms with Crippen molar-refractivity contribution in [2.75, 3.05) is 13.2 Å². The number of carboxylic acid groups (broad SMARTS) is 1. The summed E-state index contributed by atoms with van der Waals surface area (Å²) in [5.41, 5.74) is 0.398. The van der Waals surface area contributed by atoms with Crippen molar-refractivity contribution in [2.24, 2.45) is 52.3 Å². The van der Waals surface area contributed by atoms with E-state index in [1.165, 1.54) is 6.42 Å². The van der Waals surface area contributed by atoms with Gasteiger partial charge in [-0.3, -0.25) is 4.79 Å². The van der Waals surface area contributed by atoms with Crippen LogP contribution in [0, 0.1) is 52.3 Å². The molecule has 4 aliphatic carbocycles. The lowest BCUT2D eigenvalue weighted by Crippen LogP contribution is -2.62. The molecule has 4 fully saturated rings. The Hall–Kier alpha value is -1.34. The van der Waals surface area contributed by atoms with E-state index in [2.05, 4.69) is 33.0 Å². The lowest BCUT2D eigenvalue weighted by molar-refractivity contribution is -0.203. The normalized spacial score (nSPS) is 45.5. The van der Waals surface area contributed by atoms with Crippen LogP contribution in [0.25, 0.3) is 0 Å². The SMILES string of the molecule is CC[C@H]1[C@@H](O)[C@@H]2[C@H](CC[C@]3(C)C([C@H](C)CCOC(=O)NCC(=O)O)CC[C@@H]23)[C@@]2(C)CC[C@@H](O)C[C@@H]12. The van der Waals surface area contributed by atoms with E-state index in [1.807, 2.05) is 0 Å². The van der Waals surface area contributed by atoms with Crippen LogP contribution in [0.5, 0.6) is 0 Å². The van der Waals surface area contributed by atoms with Crippen LogP contribution in [-0.2, 0) is 9.53 Å². The van der Waals surface area contributed by atoms with Gasteiger partial charge in [-0.05, 0) is 104 Å². The standard InChI is InChI=1S/C28H47NO6/c1-5-18-22-14-17(30)8-11-28(22,4)21-9-12-27(3)19(6-7-20(27)24(21)25(18)33)16(2)10-13-35-26(34)29-15-23(31)32/h16-22,24-25,30,33H,5-15H2,1-4H3,(H,29,34)(H,31,32)/t16-,17-,18-,19?,20+,21+,22+,24+,25-,27-,28-/m1/s1. The summed E-state index contributed by atoms with van der Waals surface area (Å²) in [6, 6.07) is 0. The van der Waals surface area contributed by atoms with E-state index in [1.54, 1.807) is 0 Å². The maximum Gasteiger partial charge on any atom is 0.407 e. The Balaban J connectivity index is 1.45. The molecule has 35 heavy (non-hydrogen) atoms. The van der Waals surface area contributed by atoms with Gasteiger partial charge in [-0.15, -0.1) is 0 Å². The number of alkyl carbamates (subject to hydrolysis) is 1. The van der Waals surface area contributed by atoms with Crippen molar-refractivity contribution < 1.29 is 29.6 Å². The van der Waals surface area contributed by atoms with Gasteiger partial charge in [0.2, 0.25) is 0 Å². The average Bonchev–Trinajstić information content (AvgIpc) is 3.16. The molecule has 0 aromatic rings. The minimum absolute atomic E-state index is 0.183. The van der Waals surface area contributed by atoms with Crippen molar-refractivity contribution in [3.63, 3.8) is 0 Å². The van der Waals surface area contributed by atoms with E-state index < -0.39 is 18.6 Å². The van der Waals surface area contributed by atoms with Crippen LogP contribution in [0.3, 0.4) is 0 Å². The van der Waals surface area contributed by atoms with Crippen LogP contribution in [-0.4, -0.2) is 52.7 Å². The Morgan fingerprint density at radius 3 is 2.40 bits per heavy atom. The first-order valence-corrected chi connectivity index (χ1v) is 14.0. The van der Waals surface area contributed by atoms with Crippen LogP contribution >= 0.6 is 0 Å². The van der Waals surface area contributed by atoms with Gasteiger partial charge >= 0.3 is 12.1 Å². The Kier molecular flexibility index (Phi) is 7.78. The molecule has 4 rings (SSSR count). The van der Waals surface area contributed by atoms with Gasteiger partial charge in [0.15, 0.2) is 0 Å². The minimum atomic E-state index is -1.09. The third kappa shape index (κ3) is 4.72. The molecule has 0 aliphatic heterocycles. The molecule has 0 aromatic heterocycles. The number of nitrogens with one attached hydrogen (secondary N) is 1. The summed E-state index contributed by atoms with van der Waals surface area (Å²) in [5, 5.41) is 33.2. The molecule has 4 aliphatic rings. The van der Waals surface area contributed by atoms with Crippen molar-refractivity contribution >= 4 is 12.1 Å². The number of aliphatic hydroxyl groups excluding tert-OH is 2. The molecular weight excluding hydrogens is 446 g/mol. The number of hydrogen-bond donors (Lipinski definition) is 4. The summed E-state index contributed by atoms with van der Waals surface area (Å²) in [4.78, 5) is 22.3. The second kappa shape index (κ2) is 10.2. The number of carbonyl (C=O) groups excluding carboxylic acids is 1. The van der Waals surface area contributed by atoms with Crippen molar-refractivity contribution in [1.29, 1.82) is 0 Å². The monoisotopic (exact) mass is 493 g/mol. The summed E-state index contributed by atoms with van der Waals surface area (Å²) in [6.07, 6.45) is 8.03. The Bertz CT molecular complexity index is 789. The molecule has 4 N–H and O–H groups in total. The van der Waals surface area contributed by atoms with Crippen LogP contribution in [0.4, 0.5) is 4.79 Å². The minimum Gasteiger partial charge on any atom is -0.480 e. The Morgan fingerprint density at radius 2 is 1.71 bits per heavy atom. The average molecular weight is 494 g/mol. The topological polar surface area (TPSA) is 116 Å². The number of aliphatic hydroxyl groups is 2. The molecule has 1 unspecified atom stereocenters. The smallest absolute Gasteiger partial charge is 0.407 e. The predicted molar refractivity (Wildman–Crippen MR) is 133 cm³/mol. The molecule has 0 heterocycles. The van der Waals surface area contributed by atoms with Crippen molar-refractivity contribution in [1.82, 2.24) is 5.32 Å². The van der Waals surface area contributed by atoms with Gasteiger partial charge in [0.25, 0.3) is 0 Å². The maximum atomic E-state index is 11.8. The molecule has 0 bridgehead atoms. The molecule has 7 nitrogen and oxygen atoms in total. The molecule has 0 radical (unpaired) electrons. The van der Waals surface area contributed by atoms with Gasteiger partial charge in [-0.1, -0.05) is 34.1 Å². The van der Waals surface area contributed by atoms with E-state index in [-0.39, 0.29) is 29.0 Å². The third-order valence-electron chi connectivity index (χ3n) is 11.3. The van der Waals surface area contributed by atoms with Crippen molar-refractivity contribution in [3.05, 3.63) is 0 Å². The largest absolute Gasteiger partial charge is 0.480 e. The van der Waals surface area contributed by atoms with E-state index in [9.17, 15) is 19.8 Å². The Labute approximate surface area is 210 Å². The van der Waals surface area contributed by atoms with Crippen LogP contribution < -0.4 is 5.32 Å². The molecule has 4 saturated carbocycles. The molecule has 0 spiro atoms. The fraction of sp³-hybridized carbons (Fsp3) is 0.929. The first kappa shape index (κ1) is 26.7. The van der Waals surface area contributed by atoms with Crippen LogP contribution in [0.15, 0.2) is 0 Å². The number of hydrogen-bond acceptors (Lipinski definition) is 5. The molecule has 200 valence electrons. The Morgan fingerprint density at radius 1 is 1.03 bits per heavy atom. The summed E-state index contributed by atoms with van der Waals surface area (Å²) in [6.45, 7) is 9.26. The van der Waals surface area contributed by atoms with E-state index >= 15 is 0 Å². The molecule has 0 saturated heterocycles. The second-order valence-corrected chi connectivity index (χ2v) is 12.8. The number of carbonyl (C=O) groups is 2. The molecule has 1 amide bonds. The highest BCUT2D eigenvalue weighted by molar-refractivity contribution is 5.76. The summed E-state index contributed by atoms with van der Waals surface area (Å²) < 4.78 is 5.23. The fourth-order valence-corrected chi connectivity index (χ4v) is 9.67. The van der Waals surface area contributed by atoms with E-state index in [0.29, 0.717) is 42.1 Å². The zero-order valence-corrected chi connectivity index (χ0v) is 22.0. The highest BCUT2D eigenvalue weighted by Gasteiger charge is 2.64. The lowest BCUT2D eigenvalue weighted by Gasteiger charge is -2.64. The molecular formula is C28H47NO6. The van der Waals surface area contributed by atoms with Gasteiger partial charge in [0, 0.05) is 0 Å². The van der Waals surface area contributed by atoms with E-state index in [0.717, 1.165) is 51.4 Å². The predicted octanol–water partition coefficient (Wildman–Crippen LogP) is 4.45. The fourth-order valence-electron chi connectivity index (χ4n) is 9.67. The highest BCUT2D eigenvalue weighted by Crippen LogP contribution is 2.69. The molecule has 11 atom stereocenters. The number of fused-ring (bicyclic) bond motifs is 5. The summed E-state index contributed by atoms with van der Waals surface area (Å²) >= 11 is 0. The van der Waals surface area contributed by atoms with Crippen molar-refractivity contribution in [3.8, 4) is 0 Å². The highest BCUT2D eigenvalue weighted by atomic mass is 16.5. The van der Waals surface area contributed by atoms with Crippen LogP contribution in [0.1, 0.15) is 85.5 Å². The van der Waals surface area contributed by atoms with Gasteiger partial charge in [-0.25, -0.2) is 4.79 Å². The van der Waals surface area contributed by atoms with Crippen molar-refractivity contribution in [2.45, 2.75) is 97.7 Å².